The maximum atomic E-state index is 12.5. The monoisotopic (exact) mass is 448 g/mol. The molecule has 1 N–H and O–H groups in total. The number of rotatable bonds is 8. The molecule has 1 amide bonds. The summed E-state index contributed by atoms with van der Waals surface area (Å²) >= 11 is 1.42. The van der Waals surface area contributed by atoms with Gasteiger partial charge in [-0.15, -0.1) is 0 Å². The summed E-state index contributed by atoms with van der Waals surface area (Å²) in [5.41, 5.74) is 2.12. The minimum Gasteiger partial charge on any atom is -0.497 e. The molecule has 1 aliphatic rings. The number of hydrogen-bond acceptors (Lipinski definition) is 6. The van der Waals surface area contributed by atoms with Crippen LogP contribution in [0.4, 0.5) is 11.5 Å². The van der Waals surface area contributed by atoms with E-state index in [9.17, 15) is 4.79 Å². The van der Waals surface area contributed by atoms with Crippen LogP contribution in [0, 0.1) is 5.92 Å². The average molecular weight is 449 g/mol. The SMILES string of the molecule is COc1cccc(NC(=O)CSc2nccnc2N2CCC(Cc3ccccc3)CC2)c1. The second-order valence-corrected chi connectivity index (χ2v) is 8.84. The van der Waals surface area contributed by atoms with Crippen LogP contribution in [0.25, 0.3) is 0 Å². The summed E-state index contributed by atoms with van der Waals surface area (Å²) < 4.78 is 5.21. The van der Waals surface area contributed by atoms with E-state index in [0.717, 1.165) is 48.9 Å². The highest BCUT2D eigenvalue weighted by molar-refractivity contribution is 8.00. The Balaban J connectivity index is 1.31. The predicted molar refractivity (Wildman–Crippen MR) is 129 cm³/mol. The first kappa shape index (κ1) is 22.1. The van der Waals surface area contributed by atoms with E-state index in [1.54, 1.807) is 25.6 Å². The summed E-state index contributed by atoms with van der Waals surface area (Å²) in [4.78, 5) is 23.9. The molecule has 2 heterocycles. The summed E-state index contributed by atoms with van der Waals surface area (Å²) in [6.45, 7) is 1.92. The molecule has 1 fully saturated rings. The van der Waals surface area contributed by atoms with Crippen molar-refractivity contribution in [3.05, 3.63) is 72.6 Å². The van der Waals surface area contributed by atoms with Crippen molar-refractivity contribution in [3.8, 4) is 5.75 Å². The van der Waals surface area contributed by atoms with Crippen molar-refractivity contribution < 1.29 is 9.53 Å². The van der Waals surface area contributed by atoms with Gasteiger partial charge in [0.1, 0.15) is 10.8 Å². The number of thioether (sulfide) groups is 1. The number of carbonyl (C=O) groups excluding carboxylic acids is 1. The Morgan fingerprint density at radius 3 is 2.66 bits per heavy atom. The Kier molecular flexibility index (Phi) is 7.61. The van der Waals surface area contributed by atoms with E-state index in [1.165, 1.54) is 17.3 Å². The van der Waals surface area contributed by atoms with Gasteiger partial charge >= 0.3 is 0 Å². The number of nitrogens with one attached hydrogen (secondary N) is 1. The van der Waals surface area contributed by atoms with Crippen LogP contribution in [-0.4, -0.2) is 41.8 Å². The fraction of sp³-hybridized carbons (Fsp3) is 0.320. The highest BCUT2D eigenvalue weighted by Gasteiger charge is 2.23. The summed E-state index contributed by atoms with van der Waals surface area (Å²) in [6, 6.07) is 18.0. The first-order chi connectivity index (χ1) is 15.7. The molecule has 1 saturated heterocycles. The molecule has 2 aromatic carbocycles. The smallest absolute Gasteiger partial charge is 0.234 e. The normalized spacial score (nSPS) is 14.2. The van der Waals surface area contributed by atoms with Crippen molar-refractivity contribution in [1.82, 2.24) is 9.97 Å². The predicted octanol–water partition coefficient (Wildman–Crippen LogP) is 4.68. The molecule has 7 heteroatoms. The van der Waals surface area contributed by atoms with Gasteiger partial charge in [0, 0.05) is 37.2 Å². The quantitative estimate of drug-likeness (QED) is 0.505. The van der Waals surface area contributed by atoms with Crippen LogP contribution in [0.15, 0.2) is 72.0 Å². The lowest BCUT2D eigenvalue weighted by molar-refractivity contribution is -0.113. The van der Waals surface area contributed by atoms with E-state index in [0.29, 0.717) is 11.7 Å². The molecule has 6 nitrogen and oxygen atoms in total. The van der Waals surface area contributed by atoms with E-state index in [4.69, 9.17) is 4.74 Å². The number of ether oxygens (including phenoxy) is 1. The molecule has 0 bridgehead atoms. The lowest BCUT2D eigenvalue weighted by Crippen LogP contribution is -2.35. The Hall–Kier alpha value is -3.06. The van der Waals surface area contributed by atoms with Gasteiger partial charge in [-0.05, 0) is 42.9 Å². The number of anilines is 2. The third-order valence-corrected chi connectivity index (χ3v) is 6.59. The highest BCUT2D eigenvalue weighted by Crippen LogP contribution is 2.30. The van der Waals surface area contributed by atoms with Gasteiger partial charge in [-0.1, -0.05) is 48.2 Å². The Morgan fingerprint density at radius 2 is 1.88 bits per heavy atom. The number of nitrogens with zero attached hydrogens (tertiary/aromatic N) is 3. The van der Waals surface area contributed by atoms with Crippen molar-refractivity contribution in [3.63, 3.8) is 0 Å². The minimum absolute atomic E-state index is 0.0820. The number of amides is 1. The first-order valence-corrected chi connectivity index (χ1v) is 11.9. The number of methoxy groups -OCH3 is 1. The topological polar surface area (TPSA) is 67.3 Å². The van der Waals surface area contributed by atoms with Crippen molar-refractivity contribution in [2.75, 3.05) is 36.2 Å². The third kappa shape index (κ3) is 6.01. The van der Waals surface area contributed by atoms with Crippen molar-refractivity contribution in [1.29, 1.82) is 0 Å². The van der Waals surface area contributed by atoms with Gasteiger partial charge in [-0.25, -0.2) is 9.97 Å². The molecule has 0 unspecified atom stereocenters. The fourth-order valence-electron chi connectivity index (χ4n) is 3.96. The van der Waals surface area contributed by atoms with Crippen LogP contribution in [0.2, 0.25) is 0 Å². The molecule has 0 saturated carbocycles. The Bertz CT molecular complexity index is 1020. The Labute approximate surface area is 193 Å². The van der Waals surface area contributed by atoms with E-state index in [2.05, 4.69) is 50.5 Å². The van der Waals surface area contributed by atoms with E-state index in [-0.39, 0.29) is 11.7 Å². The van der Waals surface area contributed by atoms with Crippen LogP contribution < -0.4 is 15.0 Å². The van der Waals surface area contributed by atoms with Crippen LogP contribution in [0.1, 0.15) is 18.4 Å². The fourth-order valence-corrected chi connectivity index (χ4v) is 4.75. The number of benzene rings is 2. The maximum absolute atomic E-state index is 12.5. The number of carbonyl (C=O) groups is 1. The van der Waals surface area contributed by atoms with E-state index in [1.807, 2.05) is 18.2 Å². The molecule has 1 aliphatic heterocycles. The zero-order chi connectivity index (χ0) is 22.2. The summed E-state index contributed by atoms with van der Waals surface area (Å²) in [5.74, 6) is 2.47. The van der Waals surface area contributed by atoms with Crippen molar-refractivity contribution in [2.24, 2.45) is 5.92 Å². The second kappa shape index (κ2) is 11.0. The minimum atomic E-state index is -0.0820. The van der Waals surface area contributed by atoms with Gasteiger partial charge < -0.3 is 15.0 Å². The molecule has 4 rings (SSSR count). The molecule has 3 aromatic rings. The van der Waals surface area contributed by atoms with Crippen LogP contribution in [-0.2, 0) is 11.2 Å². The van der Waals surface area contributed by atoms with Crippen LogP contribution in [0.3, 0.4) is 0 Å². The largest absolute Gasteiger partial charge is 0.497 e. The van der Waals surface area contributed by atoms with Gasteiger partial charge in [-0.3, -0.25) is 4.79 Å². The summed E-state index contributed by atoms with van der Waals surface area (Å²) in [6.07, 6.45) is 6.80. The maximum Gasteiger partial charge on any atom is 0.234 e. The number of aromatic nitrogens is 2. The lowest BCUT2D eigenvalue weighted by Gasteiger charge is -2.33. The van der Waals surface area contributed by atoms with Gasteiger partial charge in [0.25, 0.3) is 0 Å². The summed E-state index contributed by atoms with van der Waals surface area (Å²) in [5, 5.41) is 3.71. The second-order valence-electron chi connectivity index (χ2n) is 7.87. The highest BCUT2D eigenvalue weighted by atomic mass is 32.2. The molecule has 0 atom stereocenters. The van der Waals surface area contributed by atoms with Crippen LogP contribution >= 0.6 is 11.8 Å². The van der Waals surface area contributed by atoms with Gasteiger partial charge in [0.15, 0.2) is 5.82 Å². The zero-order valence-corrected chi connectivity index (χ0v) is 19.1. The summed E-state index contributed by atoms with van der Waals surface area (Å²) in [7, 11) is 1.61. The van der Waals surface area contributed by atoms with E-state index >= 15 is 0 Å². The van der Waals surface area contributed by atoms with Crippen molar-refractivity contribution in [2.45, 2.75) is 24.3 Å². The molecular weight excluding hydrogens is 420 g/mol. The molecule has 0 radical (unpaired) electrons. The van der Waals surface area contributed by atoms with Crippen LogP contribution in [0.5, 0.6) is 5.75 Å². The molecule has 0 aliphatic carbocycles. The molecule has 1 aromatic heterocycles. The molecular formula is C25H28N4O2S. The standard InChI is InChI=1S/C25H28N4O2S/c1-31-22-9-5-8-21(17-22)28-23(30)18-32-25-24(26-12-13-27-25)29-14-10-20(11-15-29)16-19-6-3-2-4-7-19/h2-9,12-13,17,20H,10-11,14-16,18H2,1H3,(H,28,30). The Morgan fingerprint density at radius 1 is 1.09 bits per heavy atom. The van der Waals surface area contributed by atoms with Gasteiger partial charge in [0.05, 0.1) is 12.9 Å². The third-order valence-electron chi connectivity index (χ3n) is 5.62. The van der Waals surface area contributed by atoms with Gasteiger partial charge in [0.2, 0.25) is 5.91 Å². The van der Waals surface area contributed by atoms with Gasteiger partial charge in [-0.2, -0.15) is 0 Å². The average Bonchev–Trinajstić information content (AvgIpc) is 2.84. The number of hydrogen-bond donors (Lipinski definition) is 1. The molecule has 32 heavy (non-hydrogen) atoms. The number of piperidine rings is 1. The first-order valence-electron chi connectivity index (χ1n) is 10.9. The zero-order valence-electron chi connectivity index (χ0n) is 18.2. The molecule has 166 valence electrons. The molecule has 0 spiro atoms. The van der Waals surface area contributed by atoms with E-state index < -0.39 is 0 Å². The lowest BCUT2D eigenvalue weighted by atomic mass is 9.90. The van der Waals surface area contributed by atoms with Crippen molar-refractivity contribution >= 4 is 29.2 Å².